The van der Waals surface area contributed by atoms with Crippen molar-refractivity contribution in [2.24, 2.45) is 5.73 Å². The monoisotopic (exact) mass is 527 g/mol. The fourth-order valence-corrected chi connectivity index (χ4v) is 4.67. The van der Waals surface area contributed by atoms with Gasteiger partial charge in [-0.2, -0.15) is 0 Å². The van der Waals surface area contributed by atoms with Crippen LogP contribution in [0.1, 0.15) is 45.2 Å². The molecule has 0 fully saturated rings. The maximum atomic E-state index is 13.7. The minimum Gasteiger partial charge on any atom is -0.496 e. The quantitative estimate of drug-likeness (QED) is 0.410. The number of ether oxygens (including phenoxy) is 2. The molecule has 7 nitrogen and oxygen atoms in total. The van der Waals surface area contributed by atoms with E-state index in [9.17, 15) is 9.59 Å². The highest BCUT2D eigenvalue weighted by atomic mass is 35.5. The van der Waals surface area contributed by atoms with E-state index in [1.807, 2.05) is 12.1 Å². The third kappa shape index (κ3) is 5.65. The summed E-state index contributed by atoms with van der Waals surface area (Å²) in [7, 11) is 1.48. The first-order chi connectivity index (χ1) is 17.4. The van der Waals surface area contributed by atoms with E-state index >= 15 is 0 Å². The molecule has 2 amide bonds. The first-order valence-electron chi connectivity index (χ1n) is 11.6. The lowest BCUT2D eigenvalue weighted by Gasteiger charge is -2.25. The van der Waals surface area contributed by atoms with E-state index < -0.39 is 0 Å². The summed E-state index contributed by atoms with van der Waals surface area (Å²) < 4.78 is 11.5. The molecule has 0 radical (unpaired) electrons. The number of hydrogen-bond donors (Lipinski definition) is 2. The Kier molecular flexibility index (Phi) is 8.48. The van der Waals surface area contributed by atoms with Crippen LogP contribution < -0.4 is 20.7 Å². The average molecular weight is 528 g/mol. The highest BCUT2D eigenvalue weighted by Gasteiger charge is 2.29. The number of rotatable bonds is 7. The van der Waals surface area contributed by atoms with Crippen LogP contribution in [0.4, 0.5) is 11.4 Å². The molecule has 1 unspecified atom stereocenters. The summed E-state index contributed by atoms with van der Waals surface area (Å²) in [6, 6.07) is 17.2. The van der Waals surface area contributed by atoms with Crippen LogP contribution >= 0.6 is 23.2 Å². The Morgan fingerprint density at radius 1 is 1.08 bits per heavy atom. The third-order valence-electron chi connectivity index (χ3n) is 5.97. The average Bonchev–Trinajstić information content (AvgIpc) is 3.06. The van der Waals surface area contributed by atoms with Gasteiger partial charge in [-0.1, -0.05) is 35.3 Å². The van der Waals surface area contributed by atoms with Crippen molar-refractivity contribution in [1.82, 2.24) is 0 Å². The number of nitrogens with two attached hydrogens (primary N) is 1. The fourth-order valence-electron chi connectivity index (χ4n) is 4.27. The largest absolute Gasteiger partial charge is 0.496 e. The highest BCUT2D eigenvalue weighted by molar-refractivity contribution is 6.34. The van der Waals surface area contributed by atoms with Crippen LogP contribution in [0.3, 0.4) is 0 Å². The number of anilines is 2. The molecule has 4 rings (SSSR count). The van der Waals surface area contributed by atoms with Gasteiger partial charge in [0.05, 0.1) is 36.0 Å². The van der Waals surface area contributed by atoms with Crippen molar-refractivity contribution in [2.75, 3.05) is 37.0 Å². The number of halogens is 2. The summed E-state index contributed by atoms with van der Waals surface area (Å²) in [5.74, 6) is -0.241. The third-order valence-corrected chi connectivity index (χ3v) is 6.53. The van der Waals surface area contributed by atoms with Gasteiger partial charge in [-0.25, -0.2) is 0 Å². The Hall–Kier alpha value is -3.10. The van der Waals surface area contributed by atoms with Crippen LogP contribution in [0.5, 0.6) is 5.75 Å². The van der Waals surface area contributed by atoms with E-state index in [1.54, 1.807) is 53.4 Å². The number of carbonyl (C=O) groups is 2. The van der Waals surface area contributed by atoms with Gasteiger partial charge < -0.3 is 25.4 Å². The zero-order valence-electron chi connectivity index (χ0n) is 19.8. The zero-order chi connectivity index (χ0) is 25.7. The van der Waals surface area contributed by atoms with Gasteiger partial charge in [-0.3, -0.25) is 9.59 Å². The summed E-state index contributed by atoms with van der Waals surface area (Å²) in [5.41, 5.74) is 8.43. The Morgan fingerprint density at radius 2 is 1.89 bits per heavy atom. The van der Waals surface area contributed by atoms with Gasteiger partial charge in [0.25, 0.3) is 11.8 Å². The van der Waals surface area contributed by atoms with Crippen molar-refractivity contribution in [2.45, 2.75) is 18.9 Å². The summed E-state index contributed by atoms with van der Waals surface area (Å²) in [6.07, 6.45) is 1.27. The Labute approximate surface area is 220 Å². The lowest BCUT2D eigenvalue weighted by molar-refractivity contribution is 0.0529. The SMILES string of the molecule is COc1cc(NC(=O)c2ccccc2Cl)ccc1C(=O)N1CCCC(OCCN)c2cc(Cl)ccc21. The van der Waals surface area contributed by atoms with E-state index in [4.69, 9.17) is 38.4 Å². The van der Waals surface area contributed by atoms with Crippen LogP contribution in [0.2, 0.25) is 10.0 Å². The molecule has 1 aliphatic rings. The highest BCUT2D eigenvalue weighted by Crippen LogP contribution is 2.38. The molecule has 3 N–H and O–H groups in total. The smallest absolute Gasteiger partial charge is 0.262 e. The fraction of sp³-hybridized carbons (Fsp3) is 0.259. The van der Waals surface area contributed by atoms with Crippen LogP contribution in [0.25, 0.3) is 0 Å². The standard InChI is InChI=1S/C27H27Cl2N3O4/c1-35-25-16-18(31-26(33)19-5-2-3-6-22(19)29)9-10-20(25)27(34)32-13-4-7-24(36-14-12-30)21-15-17(28)8-11-23(21)32/h2-3,5-6,8-11,15-16,24H,4,7,12-14,30H2,1H3,(H,31,33). The molecule has 1 atom stereocenters. The predicted octanol–water partition coefficient (Wildman–Crippen LogP) is 5.71. The second-order valence-corrected chi connectivity index (χ2v) is 9.14. The summed E-state index contributed by atoms with van der Waals surface area (Å²) in [6.45, 7) is 1.33. The van der Waals surface area contributed by atoms with Crippen molar-refractivity contribution in [3.63, 3.8) is 0 Å². The minimum atomic E-state index is -0.358. The van der Waals surface area contributed by atoms with Gasteiger partial charge >= 0.3 is 0 Å². The lowest BCUT2D eigenvalue weighted by Crippen LogP contribution is -2.32. The number of carbonyl (C=O) groups excluding carboxylic acids is 2. The van der Waals surface area contributed by atoms with Crippen molar-refractivity contribution in [3.8, 4) is 5.75 Å². The topological polar surface area (TPSA) is 93.9 Å². The van der Waals surface area contributed by atoms with Crippen LogP contribution in [0.15, 0.2) is 60.7 Å². The number of nitrogens with zero attached hydrogens (tertiary/aromatic N) is 1. The number of hydrogen-bond acceptors (Lipinski definition) is 5. The van der Waals surface area contributed by atoms with Crippen molar-refractivity contribution in [1.29, 1.82) is 0 Å². The molecule has 0 spiro atoms. The molecule has 0 aromatic heterocycles. The van der Waals surface area contributed by atoms with Gasteiger partial charge in [-0.05, 0) is 55.3 Å². The number of benzene rings is 3. The molecule has 1 heterocycles. The van der Waals surface area contributed by atoms with Gasteiger partial charge in [0.2, 0.25) is 0 Å². The van der Waals surface area contributed by atoms with Crippen molar-refractivity contribution < 1.29 is 19.1 Å². The number of amides is 2. The molecule has 188 valence electrons. The molecule has 0 saturated heterocycles. The molecule has 1 aliphatic heterocycles. The normalized spacial score (nSPS) is 15.1. The van der Waals surface area contributed by atoms with Crippen molar-refractivity contribution in [3.05, 3.63) is 87.4 Å². The van der Waals surface area contributed by atoms with E-state index in [0.29, 0.717) is 52.3 Å². The molecule has 0 bridgehead atoms. The molecule has 3 aromatic rings. The van der Waals surface area contributed by atoms with E-state index in [0.717, 1.165) is 24.1 Å². The molecular weight excluding hydrogens is 501 g/mol. The first kappa shape index (κ1) is 26.0. The summed E-state index contributed by atoms with van der Waals surface area (Å²) in [5, 5.41) is 3.73. The van der Waals surface area contributed by atoms with Crippen LogP contribution in [-0.4, -0.2) is 38.6 Å². The maximum absolute atomic E-state index is 13.7. The Balaban J connectivity index is 1.62. The molecule has 3 aromatic carbocycles. The number of methoxy groups -OCH3 is 1. The van der Waals surface area contributed by atoms with Crippen LogP contribution in [-0.2, 0) is 4.74 Å². The summed E-state index contributed by atoms with van der Waals surface area (Å²) >= 11 is 12.4. The second kappa shape index (κ2) is 11.8. The van der Waals surface area contributed by atoms with E-state index in [-0.39, 0.29) is 17.9 Å². The van der Waals surface area contributed by atoms with E-state index in [2.05, 4.69) is 5.32 Å². The van der Waals surface area contributed by atoms with Crippen LogP contribution in [0, 0.1) is 0 Å². The molecular formula is C27H27Cl2N3O4. The molecule has 0 saturated carbocycles. The predicted molar refractivity (Wildman–Crippen MR) is 143 cm³/mol. The minimum absolute atomic E-state index is 0.204. The molecule has 9 heteroatoms. The maximum Gasteiger partial charge on any atom is 0.262 e. The molecule has 36 heavy (non-hydrogen) atoms. The Bertz CT molecular complexity index is 1270. The van der Waals surface area contributed by atoms with Gasteiger partial charge in [-0.15, -0.1) is 0 Å². The second-order valence-electron chi connectivity index (χ2n) is 8.30. The zero-order valence-corrected chi connectivity index (χ0v) is 21.3. The lowest BCUT2D eigenvalue weighted by atomic mass is 10.0. The Morgan fingerprint density at radius 3 is 2.64 bits per heavy atom. The van der Waals surface area contributed by atoms with E-state index in [1.165, 1.54) is 7.11 Å². The van der Waals surface area contributed by atoms with Gasteiger partial charge in [0.1, 0.15) is 5.75 Å². The first-order valence-corrected chi connectivity index (χ1v) is 12.4. The number of fused-ring (bicyclic) bond motifs is 1. The number of nitrogens with one attached hydrogen (secondary N) is 1. The van der Waals surface area contributed by atoms with Gasteiger partial charge in [0, 0.05) is 41.1 Å². The molecule has 0 aliphatic carbocycles. The van der Waals surface area contributed by atoms with Crippen molar-refractivity contribution >= 4 is 46.4 Å². The van der Waals surface area contributed by atoms with Gasteiger partial charge in [0.15, 0.2) is 0 Å². The summed E-state index contributed by atoms with van der Waals surface area (Å²) in [4.78, 5) is 28.1.